The van der Waals surface area contributed by atoms with E-state index < -0.39 is 5.60 Å². The number of rotatable bonds is 7. The number of aromatic nitrogens is 2. The van der Waals surface area contributed by atoms with Crippen molar-refractivity contribution >= 4 is 6.03 Å². The van der Waals surface area contributed by atoms with Crippen LogP contribution in [0.4, 0.5) is 4.79 Å². The fourth-order valence-electron chi connectivity index (χ4n) is 2.55. The van der Waals surface area contributed by atoms with E-state index >= 15 is 0 Å². The summed E-state index contributed by atoms with van der Waals surface area (Å²) in [7, 11) is 1.95. The Balaban J connectivity index is 2.41. The van der Waals surface area contributed by atoms with Crippen molar-refractivity contribution in [1.29, 1.82) is 0 Å². The number of likely N-dealkylation sites (N-methyl/N-ethyl adjacent to an activating group) is 1. The first-order valence-corrected chi connectivity index (χ1v) is 7.90. The Morgan fingerprint density at radius 2 is 2.05 bits per heavy atom. The molecule has 126 valence electrons. The molecule has 0 unspecified atom stereocenters. The van der Waals surface area contributed by atoms with Gasteiger partial charge >= 0.3 is 6.03 Å². The number of amides is 2. The van der Waals surface area contributed by atoms with E-state index in [9.17, 15) is 9.90 Å². The van der Waals surface area contributed by atoms with Gasteiger partial charge in [-0.3, -0.25) is 4.68 Å². The lowest BCUT2D eigenvalue weighted by Gasteiger charge is -2.28. The number of nitrogens with zero attached hydrogens (tertiary/aromatic N) is 3. The van der Waals surface area contributed by atoms with Crippen LogP contribution >= 0.6 is 0 Å². The molecular weight excluding hydrogens is 280 g/mol. The fraction of sp³-hybridized carbons (Fsp3) is 0.750. The van der Waals surface area contributed by atoms with Crippen LogP contribution < -0.4 is 5.32 Å². The molecule has 0 aliphatic heterocycles. The summed E-state index contributed by atoms with van der Waals surface area (Å²) in [6, 6.07) is -0.121. The number of carbonyl (C=O) groups excluding carboxylic acids is 1. The van der Waals surface area contributed by atoms with Crippen molar-refractivity contribution in [3.63, 3.8) is 0 Å². The summed E-state index contributed by atoms with van der Waals surface area (Å²) in [5, 5.41) is 17.1. The molecule has 22 heavy (non-hydrogen) atoms. The van der Waals surface area contributed by atoms with Crippen molar-refractivity contribution in [2.24, 2.45) is 7.05 Å². The third-order valence-corrected chi connectivity index (χ3v) is 3.79. The van der Waals surface area contributed by atoms with Crippen LogP contribution in [0.5, 0.6) is 0 Å². The number of carbonyl (C=O) groups is 1. The van der Waals surface area contributed by atoms with Gasteiger partial charge in [0.2, 0.25) is 0 Å². The average molecular weight is 310 g/mol. The first kappa shape index (κ1) is 18.5. The van der Waals surface area contributed by atoms with Gasteiger partial charge in [0.15, 0.2) is 0 Å². The molecule has 0 aliphatic carbocycles. The Bertz CT molecular complexity index is 503. The zero-order valence-electron chi connectivity index (χ0n) is 14.7. The minimum absolute atomic E-state index is 0.121. The molecule has 0 aliphatic rings. The van der Waals surface area contributed by atoms with Crippen LogP contribution in [0.25, 0.3) is 0 Å². The third-order valence-electron chi connectivity index (χ3n) is 3.79. The van der Waals surface area contributed by atoms with E-state index in [1.54, 1.807) is 18.7 Å². The van der Waals surface area contributed by atoms with Crippen molar-refractivity contribution < 1.29 is 9.90 Å². The molecule has 0 bridgehead atoms. The summed E-state index contributed by atoms with van der Waals surface area (Å²) in [5.41, 5.74) is 2.63. The molecule has 1 aromatic heterocycles. The lowest BCUT2D eigenvalue weighted by molar-refractivity contribution is 0.0480. The molecule has 2 N–H and O–H groups in total. The van der Waals surface area contributed by atoms with Gasteiger partial charge in [-0.2, -0.15) is 5.10 Å². The van der Waals surface area contributed by atoms with Gasteiger partial charge in [-0.25, -0.2) is 4.79 Å². The van der Waals surface area contributed by atoms with E-state index in [1.165, 1.54) is 11.3 Å². The molecule has 0 radical (unpaired) electrons. The van der Waals surface area contributed by atoms with Crippen LogP contribution in [0.1, 0.15) is 44.1 Å². The Morgan fingerprint density at radius 1 is 1.41 bits per heavy atom. The molecular formula is C16H30N4O2. The van der Waals surface area contributed by atoms with Gasteiger partial charge in [0, 0.05) is 25.8 Å². The van der Waals surface area contributed by atoms with Gasteiger partial charge in [0.05, 0.1) is 17.8 Å². The fourth-order valence-corrected chi connectivity index (χ4v) is 2.55. The monoisotopic (exact) mass is 310 g/mol. The van der Waals surface area contributed by atoms with Gasteiger partial charge in [0.25, 0.3) is 0 Å². The standard InChI is InChI=1S/C16H30N4O2/c1-7-20(11-16(4,5)22)15(21)17-10-8-9-14-12(2)18-19(6)13(14)3/h22H,7-11H2,1-6H3,(H,17,21). The van der Waals surface area contributed by atoms with Crippen LogP contribution in [-0.2, 0) is 13.5 Å². The van der Waals surface area contributed by atoms with Crippen molar-refractivity contribution in [2.45, 2.75) is 53.1 Å². The second kappa shape index (κ2) is 7.63. The molecule has 1 aromatic rings. The van der Waals surface area contributed by atoms with Crippen LogP contribution in [0.3, 0.4) is 0 Å². The Morgan fingerprint density at radius 3 is 2.50 bits per heavy atom. The minimum atomic E-state index is -0.878. The first-order chi connectivity index (χ1) is 10.2. The maximum Gasteiger partial charge on any atom is 0.317 e. The molecule has 1 rings (SSSR count). The molecule has 0 atom stereocenters. The Hall–Kier alpha value is -1.56. The van der Waals surface area contributed by atoms with Crippen molar-refractivity contribution in [3.8, 4) is 0 Å². The second-order valence-corrected chi connectivity index (χ2v) is 6.44. The number of aliphatic hydroxyl groups is 1. The molecule has 0 saturated heterocycles. The highest BCUT2D eigenvalue weighted by molar-refractivity contribution is 5.74. The zero-order chi connectivity index (χ0) is 16.9. The number of aryl methyl sites for hydroxylation is 2. The van der Waals surface area contributed by atoms with Crippen LogP contribution in [0.15, 0.2) is 0 Å². The largest absolute Gasteiger partial charge is 0.389 e. The predicted molar refractivity (Wildman–Crippen MR) is 87.9 cm³/mol. The Labute approximate surface area is 133 Å². The van der Waals surface area contributed by atoms with Gasteiger partial charge in [-0.15, -0.1) is 0 Å². The van der Waals surface area contributed by atoms with Gasteiger partial charge in [0.1, 0.15) is 0 Å². The summed E-state index contributed by atoms with van der Waals surface area (Å²) in [4.78, 5) is 13.7. The highest BCUT2D eigenvalue weighted by Gasteiger charge is 2.20. The molecule has 6 nitrogen and oxygen atoms in total. The van der Waals surface area contributed by atoms with Crippen LogP contribution in [-0.4, -0.2) is 51.1 Å². The third kappa shape index (κ3) is 5.33. The second-order valence-electron chi connectivity index (χ2n) is 6.44. The normalized spacial score (nSPS) is 11.6. The molecule has 0 aromatic carbocycles. The smallest absolute Gasteiger partial charge is 0.317 e. The molecule has 0 saturated carbocycles. The van der Waals surface area contributed by atoms with E-state index in [0.717, 1.165) is 18.5 Å². The molecule has 1 heterocycles. The summed E-state index contributed by atoms with van der Waals surface area (Å²) >= 11 is 0. The van der Waals surface area contributed by atoms with Gasteiger partial charge in [-0.1, -0.05) is 0 Å². The van der Waals surface area contributed by atoms with Crippen molar-refractivity contribution in [3.05, 3.63) is 17.0 Å². The maximum absolute atomic E-state index is 12.1. The summed E-state index contributed by atoms with van der Waals surface area (Å²) in [6.45, 7) is 10.9. The van der Waals surface area contributed by atoms with E-state index in [4.69, 9.17) is 0 Å². The van der Waals surface area contributed by atoms with E-state index in [-0.39, 0.29) is 6.03 Å². The maximum atomic E-state index is 12.1. The van der Waals surface area contributed by atoms with Gasteiger partial charge < -0.3 is 15.3 Å². The SMILES string of the molecule is CCN(CC(C)(C)O)C(=O)NCCCc1c(C)nn(C)c1C. The summed E-state index contributed by atoms with van der Waals surface area (Å²) < 4.78 is 1.89. The first-order valence-electron chi connectivity index (χ1n) is 7.90. The quantitative estimate of drug-likeness (QED) is 0.754. The molecule has 2 amide bonds. The highest BCUT2D eigenvalue weighted by atomic mass is 16.3. The topological polar surface area (TPSA) is 70.4 Å². The summed E-state index contributed by atoms with van der Waals surface area (Å²) in [6.07, 6.45) is 1.78. The average Bonchev–Trinajstić information content (AvgIpc) is 2.65. The number of nitrogens with one attached hydrogen (secondary N) is 1. The van der Waals surface area contributed by atoms with E-state index in [2.05, 4.69) is 17.3 Å². The van der Waals surface area contributed by atoms with Gasteiger partial charge in [-0.05, 0) is 53.0 Å². The number of hydrogen-bond donors (Lipinski definition) is 2. The lowest BCUT2D eigenvalue weighted by atomic mass is 10.1. The van der Waals surface area contributed by atoms with Crippen molar-refractivity contribution in [2.75, 3.05) is 19.6 Å². The zero-order valence-corrected chi connectivity index (χ0v) is 14.7. The van der Waals surface area contributed by atoms with Crippen LogP contribution in [0.2, 0.25) is 0 Å². The summed E-state index contributed by atoms with van der Waals surface area (Å²) in [5.74, 6) is 0. The van der Waals surface area contributed by atoms with E-state index in [0.29, 0.717) is 19.6 Å². The number of hydrogen-bond acceptors (Lipinski definition) is 3. The highest BCUT2D eigenvalue weighted by Crippen LogP contribution is 2.13. The molecule has 0 spiro atoms. The molecule has 0 fully saturated rings. The lowest BCUT2D eigenvalue weighted by Crippen LogP contribution is -2.47. The number of urea groups is 1. The predicted octanol–water partition coefficient (Wildman–Crippen LogP) is 1.77. The van der Waals surface area contributed by atoms with Crippen LogP contribution in [0, 0.1) is 13.8 Å². The van der Waals surface area contributed by atoms with E-state index in [1.807, 2.05) is 25.6 Å². The Kier molecular flexibility index (Phi) is 6.41. The van der Waals surface area contributed by atoms with Crippen molar-refractivity contribution in [1.82, 2.24) is 20.0 Å². The molecule has 6 heteroatoms. The minimum Gasteiger partial charge on any atom is -0.389 e.